The first kappa shape index (κ1) is 17.2. The lowest BCUT2D eigenvalue weighted by atomic mass is 10.2. The van der Waals surface area contributed by atoms with Gasteiger partial charge in [0.1, 0.15) is 0 Å². The summed E-state index contributed by atoms with van der Waals surface area (Å²) < 4.78 is 0. The first-order valence-electron chi connectivity index (χ1n) is 7.22. The predicted molar refractivity (Wildman–Crippen MR) is 101 cm³/mol. The Balaban J connectivity index is 2.02. The maximum atomic E-state index is 12.0. The first-order valence-corrected chi connectivity index (χ1v) is 8.00. The molecule has 2 aromatic carbocycles. The zero-order valence-corrected chi connectivity index (χ0v) is 14.3. The van der Waals surface area contributed by atoms with E-state index in [1.165, 1.54) is 6.08 Å². The number of nitrogens with one attached hydrogen (secondary N) is 1. The van der Waals surface area contributed by atoms with Crippen molar-refractivity contribution >= 4 is 46.6 Å². The van der Waals surface area contributed by atoms with Crippen LogP contribution in [0.2, 0.25) is 5.02 Å². The van der Waals surface area contributed by atoms with Crippen LogP contribution >= 0.6 is 23.8 Å². The average Bonchev–Trinajstić information content (AvgIpc) is 2.56. The molecule has 0 fully saturated rings. The van der Waals surface area contributed by atoms with E-state index >= 15 is 0 Å². The Kier molecular flexibility index (Phi) is 6.32. The molecule has 0 bridgehead atoms. The number of rotatable bonds is 4. The minimum Gasteiger partial charge on any atom is -0.319 e. The molecule has 0 aliphatic carbocycles. The Labute approximate surface area is 146 Å². The summed E-state index contributed by atoms with van der Waals surface area (Å²) in [6, 6.07) is 17.0. The van der Waals surface area contributed by atoms with E-state index in [1.54, 1.807) is 12.1 Å². The number of halogens is 1. The molecular formula is C18H17ClN2OS. The van der Waals surface area contributed by atoms with E-state index in [4.69, 9.17) is 23.8 Å². The lowest BCUT2D eigenvalue weighted by Gasteiger charge is -2.23. The number of anilines is 1. The highest BCUT2D eigenvalue weighted by molar-refractivity contribution is 7.80. The predicted octanol–water partition coefficient (Wildman–Crippen LogP) is 4.28. The summed E-state index contributed by atoms with van der Waals surface area (Å²) in [4.78, 5) is 13.9. The first-order chi connectivity index (χ1) is 11.1. The Bertz CT molecular complexity index is 716. The van der Waals surface area contributed by atoms with Crippen LogP contribution in [0.25, 0.3) is 6.08 Å². The van der Waals surface area contributed by atoms with Gasteiger partial charge in [0.25, 0.3) is 0 Å². The van der Waals surface area contributed by atoms with Gasteiger partial charge in [0.15, 0.2) is 5.11 Å². The molecule has 1 N–H and O–H groups in total. The van der Waals surface area contributed by atoms with Gasteiger partial charge in [-0.1, -0.05) is 48.0 Å². The number of carbonyl (C=O) groups is 1. The molecule has 0 atom stereocenters. The lowest BCUT2D eigenvalue weighted by Crippen LogP contribution is -2.42. The number of thiocarbonyl (C=S) groups is 1. The number of hydrogen-bond acceptors (Lipinski definition) is 2. The molecule has 0 unspecified atom stereocenters. The number of benzene rings is 2. The average molecular weight is 345 g/mol. The van der Waals surface area contributed by atoms with Crippen LogP contribution in [0.5, 0.6) is 0 Å². The molecule has 1 amide bonds. The number of para-hydroxylation sites is 1. The van der Waals surface area contributed by atoms with Crippen molar-refractivity contribution in [1.82, 2.24) is 5.32 Å². The maximum Gasteiger partial charge on any atom is 0.250 e. The van der Waals surface area contributed by atoms with Crippen LogP contribution < -0.4 is 10.2 Å². The standard InChI is InChI=1S/C18H17ClN2OS/c1-2-21(15-9-4-3-5-10-15)18(23)20-17(22)13-12-14-8-6-7-11-16(14)19/h3-13H,2H2,1H3,(H,20,22,23). The zero-order valence-electron chi connectivity index (χ0n) is 12.7. The molecule has 0 heterocycles. The van der Waals surface area contributed by atoms with E-state index in [9.17, 15) is 4.79 Å². The molecule has 0 saturated carbocycles. The van der Waals surface area contributed by atoms with E-state index in [-0.39, 0.29) is 5.91 Å². The second kappa shape index (κ2) is 8.46. The van der Waals surface area contributed by atoms with Crippen LogP contribution in [0.1, 0.15) is 12.5 Å². The molecule has 0 radical (unpaired) electrons. The zero-order chi connectivity index (χ0) is 16.7. The summed E-state index contributed by atoms with van der Waals surface area (Å²) in [6.07, 6.45) is 3.09. The maximum absolute atomic E-state index is 12.0. The van der Waals surface area contributed by atoms with E-state index in [1.807, 2.05) is 60.4 Å². The molecule has 118 valence electrons. The van der Waals surface area contributed by atoms with Gasteiger partial charge in [0.05, 0.1) is 0 Å². The van der Waals surface area contributed by atoms with Gasteiger partial charge in [-0.25, -0.2) is 0 Å². The Morgan fingerprint density at radius 1 is 1.17 bits per heavy atom. The largest absolute Gasteiger partial charge is 0.319 e. The number of carbonyl (C=O) groups excluding carboxylic acids is 1. The van der Waals surface area contributed by atoms with E-state index < -0.39 is 0 Å². The van der Waals surface area contributed by atoms with Crippen LogP contribution in [0.4, 0.5) is 5.69 Å². The fourth-order valence-corrected chi connectivity index (χ4v) is 2.58. The molecule has 0 spiro atoms. The molecule has 3 nitrogen and oxygen atoms in total. The minimum absolute atomic E-state index is 0.288. The highest BCUT2D eigenvalue weighted by Gasteiger charge is 2.11. The van der Waals surface area contributed by atoms with Crippen LogP contribution in [-0.4, -0.2) is 17.6 Å². The smallest absolute Gasteiger partial charge is 0.250 e. The second-order valence-electron chi connectivity index (χ2n) is 4.73. The van der Waals surface area contributed by atoms with Crippen molar-refractivity contribution < 1.29 is 4.79 Å². The van der Waals surface area contributed by atoms with Gasteiger partial charge in [0.2, 0.25) is 5.91 Å². The second-order valence-corrected chi connectivity index (χ2v) is 5.52. The van der Waals surface area contributed by atoms with Crippen molar-refractivity contribution in [3.63, 3.8) is 0 Å². The van der Waals surface area contributed by atoms with Crippen LogP contribution in [0.15, 0.2) is 60.7 Å². The monoisotopic (exact) mass is 344 g/mol. The summed E-state index contributed by atoms with van der Waals surface area (Å²) in [5.41, 5.74) is 1.72. The summed E-state index contributed by atoms with van der Waals surface area (Å²) in [7, 11) is 0. The molecule has 23 heavy (non-hydrogen) atoms. The molecule has 2 aromatic rings. The molecule has 0 aliphatic heterocycles. The third-order valence-corrected chi connectivity index (χ3v) is 3.85. The topological polar surface area (TPSA) is 32.3 Å². The molecular weight excluding hydrogens is 328 g/mol. The SMILES string of the molecule is CCN(C(=S)NC(=O)C=Cc1ccccc1Cl)c1ccccc1. The summed E-state index contributed by atoms with van der Waals surface area (Å²) in [5, 5.41) is 3.67. The minimum atomic E-state index is -0.288. The van der Waals surface area contributed by atoms with Crippen LogP contribution in [0.3, 0.4) is 0 Å². The normalized spacial score (nSPS) is 10.5. The van der Waals surface area contributed by atoms with Gasteiger partial charge in [-0.05, 0) is 49.0 Å². The van der Waals surface area contributed by atoms with Gasteiger partial charge in [-0.15, -0.1) is 0 Å². The summed E-state index contributed by atoms with van der Waals surface area (Å²) >= 11 is 11.4. The molecule has 0 saturated heterocycles. The van der Waals surface area contributed by atoms with E-state index in [2.05, 4.69) is 5.32 Å². The molecule has 0 aromatic heterocycles. The highest BCUT2D eigenvalue weighted by atomic mass is 35.5. The third kappa shape index (κ3) is 4.91. The van der Waals surface area contributed by atoms with Crippen molar-refractivity contribution in [3.8, 4) is 0 Å². The lowest BCUT2D eigenvalue weighted by molar-refractivity contribution is -0.115. The van der Waals surface area contributed by atoms with Gasteiger partial charge >= 0.3 is 0 Å². The number of amides is 1. The van der Waals surface area contributed by atoms with Crippen LogP contribution in [-0.2, 0) is 4.79 Å². The van der Waals surface area contributed by atoms with Crippen molar-refractivity contribution in [3.05, 3.63) is 71.3 Å². The Hall–Kier alpha value is -2.17. The van der Waals surface area contributed by atoms with Gasteiger partial charge in [-0.3, -0.25) is 10.1 Å². The van der Waals surface area contributed by atoms with Crippen molar-refractivity contribution in [2.75, 3.05) is 11.4 Å². The quantitative estimate of drug-likeness (QED) is 0.663. The Morgan fingerprint density at radius 3 is 2.48 bits per heavy atom. The van der Waals surface area contributed by atoms with Crippen molar-refractivity contribution in [2.24, 2.45) is 0 Å². The molecule has 2 rings (SSSR count). The highest BCUT2D eigenvalue weighted by Crippen LogP contribution is 2.16. The summed E-state index contributed by atoms with van der Waals surface area (Å²) in [6.45, 7) is 2.64. The van der Waals surface area contributed by atoms with Gasteiger partial charge in [-0.2, -0.15) is 0 Å². The van der Waals surface area contributed by atoms with Gasteiger partial charge in [0, 0.05) is 23.3 Å². The summed E-state index contributed by atoms with van der Waals surface area (Å²) in [5.74, 6) is -0.288. The van der Waals surface area contributed by atoms with Crippen molar-refractivity contribution in [2.45, 2.75) is 6.92 Å². The molecule has 0 aliphatic rings. The number of nitrogens with zero attached hydrogens (tertiary/aromatic N) is 1. The number of hydrogen-bond donors (Lipinski definition) is 1. The van der Waals surface area contributed by atoms with E-state index in [0.717, 1.165) is 11.3 Å². The fraction of sp³-hybridized carbons (Fsp3) is 0.111. The Morgan fingerprint density at radius 2 is 1.83 bits per heavy atom. The van der Waals surface area contributed by atoms with Crippen LogP contribution in [0, 0.1) is 0 Å². The molecule has 5 heteroatoms. The van der Waals surface area contributed by atoms with E-state index in [0.29, 0.717) is 16.7 Å². The van der Waals surface area contributed by atoms with Crippen molar-refractivity contribution in [1.29, 1.82) is 0 Å². The fourth-order valence-electron chi connectivity index (χ4n) is 2.04. The third-order valence-electron chi connectivity index (χ3n) is 3.18. The van der Waals surface area contributed by atoms with Gasteiger partial charge < -0.3 is 4.90 Å².